The van der Waals surface area contributed by atoms with E-state index in [1.807, 2.05) is 0 Å². The molecule has 0 saturated heterocycles. The predicted octanol–water partition coefficient (Wildman–Crippen LogP) is 1.05. The highest BCUT2D eigenvalue weighted by Crippen LogP contribution is 2.12. The normalized spacial score (nSPS) is 10.9. The SMILES string of the molecule is N#CCOS(=O)(=O)c1ccc(F)cc1. The molecule has 14 heavy (non-hydrogen) atoms. The maximum absolute atomic E-state index is 12.4. The Bertz CT molecular complexity index is 446. The van der Waals surface area contributed by atoms with E-state index in [0.29, 0.717) is 0 Å². The standard InChI is InChI=1S/C8H6FNO3S/c9-7-1-3-8(4-2-7)14(11,12)13-6-5-10/h1-4H,6H2. The molecule has 0 bridgehead atoms. The van der Waals surface area contributed by atoms with Crippen molar-refractivity contribution in [3.8, 4) is 6.07 Å². The molecule has 0 aliphatic rings. The van der Waals surface area contributed by atoms with E-state index in [9.17, 15) is 12.8 Å². The quantitative estimate of drug-likeness (QED) is 0.707. The van der Waals surface area contributed by atoms with Crippen LogP contribution in [-0.2, 0) is 14.3 Å². The van der Waals surface area contributed by atoms with Crippen molar-refractivity contribution in [2.24, 2.45) is 0 Å². The summed E-state index contributed by atoms with van der Waals surface area (Å²) in [6.07, 6.45) is 0. The highest BCUT2D eigenvalue weighted by atomic mass is 32.2. The molecule has 74 valence electrons. The molecule has 0 radical (unpaired) electrons. The summed E-state index contributed by atoms with van der Waals surface area (Å²) in [6.45, 7) is -0.556. The Morgan fingerprint density at radius 1 is 1.36 bits per heavy atom. The average Bonchev–Trinajstić information content (AvgIpc) is 2.16. The van der Waals surface area contributed by atoms with Crippen LogP contribution < -0.4 is 0 Å². The fourth-order valence-electron chi connectivity index (χ4n) is 0.773. The lowest BCUT2D eigenvalue weighted by atomic mass is 10.4. The van der Waals surface area contributed by atoms with Gasteiger partial charge in [0, 0.05) is 0 Å². The van der Waals surface area contributed by atoms with Crippen molar-refractivity contribution in [3.63, 3.8) is 0 Å². The van der Waals surface area contributed by atoms with Gasteiger partial charge in [0.15, 0.2) is 6.61 Å². The number of nitrogens with zero attached hydrogens (tertiary/aromatic N) is 1. The highest BCUT2D eigenvalue weighted by Gasteiger charge is 2.14. The molecule has 0 aliphatic heterocycles. The van der Waals surface area contributed by atoms with E-state index in [-0.39, 0.29) is 4.90 Å². The van der Waals surface area contributed by atoms with Gasteiger partial charge >= 0.3 is 0 Å². The minimum Gasteiger partial charge on any atom is -0.251 e. The predicted molar refractivity (Wildman–Crippen MR) is 45.2 cm³/mol. The summed E-state index contributed by atoms with van der Waals surface area (Å²) in [7, 11) is -3.93. The van der Waals surface area contributed by atoms with E-state index in [2.05, 4.69) is 4.18 Å². The molecule has 0 amide bonds. The first kappa shape index (κ1) is 10.6. The van der Waals surface area contributed by atoms with Gasteiger partial charge in [-0.15, -0.1) is 0 Å². The van der Waals surface area contributed by atoms with E-state index in [1.165, 1.54) is 6.07 Å². The van der Waals surface area contributed by atoms with Gasteiger partial charge < -0.3 is 0 Å². The van der Waals surface area contributed by atoms with Crippen LogP contribution in [-0.4, -0.2) is 15.0 Å². The Balaban J connectivity index is 2.94. The van der Waals surface area contributed by atoms with Gasteiger partial charge in [0.25, 0.3) is 10.1 Å². The van der Waals surface area contributed by atoms with Crippen molar-refractivity contribution < 1.29 is 17.0 Å². The minimum absolute atomic E-state index is 0.172. The van der Waals surface area contributed by atoms with E-state index in [4.69, 9.17) is 5.26 Å². The number of benzene rings is 1. The Morgan fingerprint density at radius 3 is 2.43 bits per heavy atom. The first-order chi connectivity index (χ1) is 6.56. The minimum atomic E-state index is -3.93. The summed E-state index contributed by atoms with van der Waals surface area (Å²) in [5, 5.41) is 8.12. The lowest BCUT2D eigenvalue weighted by Crippen LogP contribution is -2.06. The average molecular weight is 215 g/mol. The van der Waals surface area contributed by atoms with Gasteiger partial charge in [0.2, 0.25) is 0 Å². The zero-order chi connectivity index (χ0) is 10.6. The molecule has 0 aromatic heterocycles. The van der Waals surface area contributed by atoms with Crippen molar-refractivity contribution >= 4 is 10.1 Å². The molecule has 1 aromatic carbocycles. The van der Waals surface area contributed by atoms with Crippen LogP contribution >= 0.6 is 0 Å². The Kier molecular flexibility index (Phi) is 3.17. The fraction of sp³-hybridized carbons (Fsp3) is 0.125. The molecular weight excluding hydrogens is 209 g/mol. The summed E-state index contributed by atoms with van der Waals surface area (Å²) < 4.78 is 39.1. The van der Waals surface area contributed by atoms with Crippen LogP contribution in [0.2, 0.25) is 0 Å². The summed E-state index contributed by atoms with van der Waals surface area (Å²) in [5.41, 5.74) is 0. The van der Waals surface area contributed by atoms with Gasteiger partial charge in [-0.05, 0) is 24.3 Å². The number of hydrogen-bond acceptors (Lipinski definition) is 4. The van der Waals surface area contributed by atoms with Gasteiger partial charge in [0.05, 0.1) is 11.0 Å². The summed E-state index contributed by atoms with van der Waals surface area (Å²) in [5.74, 6) is -0.538. The molecule has 0 saturated carbocycles. The Hall–Kier alpha value is -1.45. The second-order valence-electron chi connectivity index (χ2n) is 2.33. The van der Waals surface area contributed by atoms with Crippen LogP contribution in [0.25, 0.3) is 0 Å². The third-order valence-corrected chi connectivity index (χ3v) is 2.66. The van der Waals surface area contributed by atoms with Gasteiger partial charge in [-0.25, -0.2) is 4.39 Å². The van der Waals surface area contributed by atoms with Crippen molar-refractivity contribution in [2.45, 2.75) is 4.90 Å². The number of rotatable bonds is 3. The highest BCUT2D eigenvalue weighted by molar-refractivity contribution is 7.86. The smallest absolute Gasteiger partial charge is 0.251 e. The number of halogens is 1. The van der Waals surface area contributed by atoms with Gasteiger partial charge in [-0.2, -0.15) is 13.7 Å². The fourth-order valence-corrected chi connectivity index (χ4v) is 1.59. The molecule has 6 heteroatoms. The van der Waals surface area contributed by atoms with Gasteiger partial charge in [-0.3, -0.25) is 4.18 Å². The summed E-state index contributed by atoms with van der Waals surface area (Å²) >= 11 is 0. The third kappa shape index (κ3) is 2.52. The molecule has 0 unspecified atom stereocenters. The molecule has 0 fully saturated rings. The van der Waals surface area contributed by atoms with E-state index in [1.54, 1.807) is 0 Å². The van der Waals surface area contributed by atoms with Crippen LogP contribution in [0.4, 0.5) is 4.39 Å². The van der Waals surface area contributed by atoms with Gasteiger partial charge in [0.1, 0.15) is 5.82 Å². The van der Waals surface area contributed by atoms with Gasteiger partial charge in [-0.1, -0.05) is 0 Å². The Morgan fingerprint density at radius 2 is 1.93 bits per heavy atom. The van der Waals surface area contributed by atoms with E-state index in [0.717, 1.165) is 24.3 Å². The molecule has 0 spiro atoms. The van der Waals surface area contributed by atoms with Crippen LogP contribution in [0, 0.1) is 17.1 Å². The van der Waals surface area contributed by atoms with Crippen molar-refractivity contribution in [2.75, 3.05) is 6.61 Å². The molecule has 1 rings (SSSR count). The zero-order valence-corrected chi connectivity index (χ0v) is 7.79. The van der Waals surface area contributed by atoms with Crippen molar-refractivity contribution in [1.82, 2.24) is 0 Å². The lowest BCUT2D eigenvalue weighted by molar-refractivity contribution is 0.361. The molecular formula is C8H6FNO3S. The topological polar surface area (TPSA) is 67.2 Å². The first-order valence-corrected chi connectivity index (χ1v) is 4.99. The number of hydrogen-bond donors (Lipinski definition) is 0. The first-order valence-electron chi connectivity index (χ1n) is 3.58. The second kappa shape index (κ2) is 4.17. The molecule has 0 N–H and O–H groups in total. The molecule has 0 aliphatic carbocycles. The second-order valence-corrected chi connectivity index (χ2v) is 3.94. The van der Waals surface area contributed by atoms with Crippen molar-refractivity contribution in [1.29, 1.82) is 5.26 Å². The maximum atomic E-state index is 12.4. The van der Waals surface area contributed by atoms with Crippen LogP contribution in [0.1, 0.15) is 0 Å². The third-order valence-electron chi connectivity index (χ3n) is 1.38. The molecule has 4 nitrogen and oxygen atoms in total. The van der Waals surface area contributed by atoms with E-state index < -0.39 is 22.5 Å². The monoisotopic (exact) mass is 215 g/mol. The van der Waals surface area contributed by atoms with Crippen LogP contribution in [0.5, 0.6) is 0 Å². The summed E-state index contributed by atoms with van der Waals surface area (Å²) in [6, 6.07) is 5.68. The van der Waals surface area contributed by atoms with Crippen LogP contribution in [0.15, 0.2) is 29.2 Å². The molecule has 0 heterocycles. The largest absolute Gasteiger partial charge is 0.297 e. The van der Waals surface area contributed by atoms with Crippen molar-refractivity contribution in [3.05, 3.63) is 30.1 Å². The van der Waals surface area contributed by atoms with E-state index >= 15 is 0 Å². The summed E-state index contributed by atoms with van der Waals surface area (Å²) in [4.78, 5) is -0.172. The lowest BCUT2D eigenvalue weighted by Gasteiger charge is -2.01. The number of nitriles is 1. The zero-order valence-electron chi connectivity index (χ0n) is 6.97. The molecule has 1 aromatic rings. The maximum Gasteiger partial charge on any atom is 0.297 e. The van der Waals surface area contributed by atoms with Crippen LogP contribution in [0.3, 0.4) is 0 Å². The Labute approximate surface area is 80.7 Å². The molecule has 0 atom stereocenters.